The predicted molar refractivity (Wildman–Crippen MR) is 101 cm³/mol. The SMILES string of the molecule is COCC(=O)N(Cc1ccccc1)CC1CC(c2ccccc2C)=NO1. The average molecular weight is 352 g/mol. The predicted octanol–water partition coefficient (Wildman–Crippen LogP) is 3.16. The van der Waals surface area contributed by atoms with Crippen molar-refractivity contribution in [2.24, 2.45) is 5.16 Å². The van der Waals surface area contributed by atoms with Gasteiger partial charge in [-0.15, -0.1) is 0 Å². The number of ether oxygens (including phenoxy) is 1. The number of hydrogen-bond donors (Lipinski definition) is 0. The van der Waals surface area contributed by atoms with E-state index in [4.69, 9.17) is 9.57 Å². The minimum Gasteiger partial charge on any atom is -0.390 e. The van der Waals surface area contributed by atoms with Crippen LogP contribution in [-0.4, -0.2) is 42.9 Å². The molecule has 1 aliphatic heterocycles. The number of nitrogens with zero attached hydrogens (tertiary/aromatic N) is 2. The largest absolute Gasteiger partial charge is 0.390 e. The van der Waals surface area contributed by atoms with Gasteiger partial charge in [0.2, 0.25) is 5.91 Å². The Morgan fingerprint density at radius 3 is 2.65 bits per heavy atom. The summed E-state index contributed by atoms with van der Waals surface area (Å²) in [4.78, 5) is 19.9. The van der Waals surface area contributed by atoms with Crippen LogP contribution in [0.3, 0.4) is 0 Å². The van der Waals surface area contributed by atoms with E-state index in [1.54, 1.807) is 4.90 Å². The van der Waals surface area contributed by atoms with Gasteiger partial charge in [-0.1, -0.05) is 59.8 Å². The fourth-order valence-electron chi connectivity index (χ4n) is 3.10. The summed E-state index contributed by atoms with van der Waals surface area (Å²) in [6.45, 7) is 3.14. The number of methoxy groups -OCH3 is 1. The lowest BCUT2D eigenvalue weighted by molar-refractivity contribution is -0.137. The summed E-state index contributed by atoms with van der Waals surface area (Å²) < 4.78 is 5.03. The van der Waals surface area contributed by atoms with Gasteiger partial charge in [0.05, 0.1) is 12.3 Å². The molecule has 5 heteroatoms. The van der Waals surface area contributed by atoms with Crippen LogP contribution < -0.4 is 0 Å². The molecule has 0 aliphatic carbocycles. The number of aryl methyl sites for hydroxylation is 1. The zero-order valence-corrected chi connectivity index (χ0v) is 15.2. The molecule has 136 valence electrons. The minimum absolute atomic E-state index is 0.0516. The van der Waals surface area contributed by atoms with Gasteiger partial charge in [-0.2, -0.15) is 0 Å². The summed E-state index contributed by atoms with van der Waals surface area (Å²) in [5, 5.41) is 4.26. The number of rotatable bonds is 7. The minimum atomic E-state index is -0.144. The monoisotopic (exact) mass is 352 g/mol. The van der Waals surface area contributed by atoms with Crippen LogP contribution >= 0.6 is 0 Å². The van der Waals surface area contributed by atoms with Crippen molar-refractivity contribution >= 4 is 11.6 Å². The summed E-state index contributed by atoms with van der Waals surface area (Å²) in [5.41, 5.74) is 4.29. The Bertz CT molecular complexity index is 774. The number of amides is 1. The van der Waals surface area contributed by atoms with Gasteiger partial charge >= 0.3 is 0 Å². The fraction of sp³-hybridized carbons (Fsp3) is 0.333. The van der Waals surface area contributed by atoms with Crippen LogP contribution in [0.4, 0.5) is 0 Å². The van der Waals surface area contributed by atoms with Gasteiger partial charge < -0.3 is 14.5 Å². The van der Waals surface area contributed by atoms with E-state index in [9.17, 15) is 4.79 Å². The maximum absolute atomic E-state index is 12.4. The van der Waals surface area contributed by atoms with E-state index in [2.05, 4.69) is 24.2 Å². The molecule has 2 aromatic carbocycles. The maximum atomic E-state index is 12.4. The smallest absolute Gasteiger partial charge is 0.248 e. The van der Waals surface area contributed by atoms with Gasteiger partial charge in [-0.3, -0.25) is 4.79 Å². The second-order valence-corrected chi connectivity index (χ2v) is 6.48. The first-order valence-electron chi connectivity index (χ1n) is 8.76. The van der Waals surface area contributed by atoms with Crippen LogP contribution in [-0.2, 0) is 20.9 Å². The van der Waals surface area contributed by atoms with Crippen molar-refractivity contribution in [3.05, 3.63) is 71.3 Å². The first-order valence-corrected chi connectivity index (χ1v) is 8.76. The molecule has 1 amide bonds. The Hall–Kier alpha value is -2.66. The second-order valence-electron chi connectivity index (χ2n) is 6.48. The zero-order chi connectivity index (χ0) is 18.4. The van der Waals surface area contributed by atoms with Crippen molar-refractivity contribution < 1.29 is 14.4 Å². The molecule has 0 spiro atoms. The molecule has 2 aromatic rings. The number of carbonyl (C=O) groups excluding carboxylic acids is 1. The maximum Gasteiger partial charge on any atom is 0.248 e. The van der Waals surface area contributed by atoms with Crippen LogP contribution in [0.25, 0.3) is 0 Å². The summed E-state index contributed by atoms with van der Waals surface area (Å²) in [7, 11) is 1.53. The van der Waals surface area contributed by atoms with E-state index in [0.717, 1.165) is 16.8 Å². The molecule has 0 radical (unpaired) electrons. The highest BCUT2D eigenvalue weighted by Gasteiger charge is 2.27. The quantitative estimate of drug-likeness (QED) is 0.769. The topological polar surface area (TPSA) is 51.1 Å². The average Bonchev–Trinajstić information content (AvgIpc) is 3.11. The molecule has 0 N–H and O–H groups in total. The van der Waals surface area contributed by atoms with E-state index >= 15 is 0 Å². The van der Waals surface area contributed by atoms with Crippen molar-refractivity contribution in [1.82, 2.24) is 4.90 Å². The lowest BCUT2D eigenvalue weighted by Crippen LogP contribution is -2.39. The Morgan fingerprint density at radius 1 is 1.19 bits per heavy atom. The van der Waals surface area contributed by atoms with E-state index in [1.807, 2.05) is 42.5 Å². The molecular formula is C21H24N2O3. The molecule has 26 heavy (non-hydrogen) atoms. The summed E-state index contributed by atoms with van der Waals surface area (Å²) >= 11 is 0. The van der Waals surface area contributed by atoms with E-state index in [-0.39, 0.29) is 18.6 Å². The zero-order valence-electron chi connectivity index (χ0n) is 15.2. The molecule has 1 aliphatic rings. The molecule has 0 saturated carbocycles. The summed E-state index contributed by atoms with van der Waals surface area (Å²) in [6.07, 6.45) is 0.547. The fourth-order valence-corrected chi connectivity index (χ4v) is 3.10. The Balaban J connectivity index is 1.66. The summed E-state index contributed by atoms with van der Waals surface area (Å²) in [5.74, 6) is -0.0516. The number of hydrogen-bond acceptors (Lipinski definition) is 4. The van der Waals surface area contributed by atoms with Gasteiger partial charge in [0.15, 0.2) is 6.10 Å². The third-order valence-corrected chi connectivity index (χ3v) is 4.45. The highest BCUT2D eigenvalue weighted by atomic mass is 16.6. The van der Waals surface area contributed by atoms with E-state index < -0.39 is 0 Å². The van der Waals surface area contributed by atoms with Gasteiger partial charge in [-0.25, -0.2) is 0 Å². The molecule has 1 atom stereocenters. The molecular weight excluding hydrogens is 328 g/mol. The summed E-state index contributed by atoms with van der Waals surface area (Å²) in [6, 6.07) is 18.1. The lowest BCUT2D eigenvalue weighted by atomic mass is 10.0. The van der Waals surface area contributed by atoms with Gasteiger partial charge in [0.25, 0.3) is 0 Å². The van der Waals surface area contributed by atoms with Crippen molar-refractivity contribution in [2.75, 3.05) is 20.3 Å². The van der Waals surface area contributed by atoms with Crippen molar-refractivity contribution in [2.45, 2.75) is 26.0 Å². The molecule has 0 bridgehead atoms. The van der Waals surface area contributed by atoms with Crippen molar-refractivity contribution in [3.63, 3.8) is 0 Å². The Morgan fingerprint density at radius 2 is 1.92 bits per heavy atom. The van der Waals surface area contributed by atoms with E-state index in [1.165, 1.54) is 12.7 Å². The normalized spacial score (nSPS) is 16.1. The van der Waals surface area contributed by atoms with Crippen LogP contribution in [0.2, 0.25) is 0 Å². The second kappa shape index (κ2) is 8.63. The number of carbonyl (C=O) groups is 1. The Kier molecular flexibility index (Phi) is 6.02. The van der Waals surface area contributed by atoms with Gasteiger partial charge in [0.1, 0.15) is 6.61 Å². The van der Waals surface area contributed by atoms with Crippen LogP contribution in [0, 0.1) is 6.92 Å². The van der Waals surface area contributed by atoms with Gasteiger partial charge in [-0.05, 0) is 18.1 Å². The first-order chi connectivity index (χ1) is 12.7. The number of oxime groups is 1. The third kappa shape index (κ3) is 4.49. The standard InChI is InChI=1S/C21H24N2O3/c1-16-8-6-7-11-19(16)20-12-18(26-22-20)14-23(21(24)15-25-2)13-17-9-4-3-5-10-17/h3-11,18H,12-15H2,1-2H3. The molecule has 3 rings (SSSR count). The highest BCUT2D eigenvalue weighted by molar-refractivity contribution is 6.02. The molecule has 0 saturated heterocycles. The van der Waals surface area contributed by atoms with Crippen LogP contribution in [0.5, 0.6) is 0 Å². The molecule has 1 heterocycles. The molecule has 0 aromatic heterocycles. The lowest BCUT2D eigenvalue weighted by Gasteiger charge is -2.24. The molecule has 0 fully saturated rings. The Labute approximate surface area is 154 Å². The van der Waals surface area contributed by atoms with Crippen LogP contribution in [0.15, 0.2) is 59.8 Å². The molecule has 5 nitrogen and oxygen atoms in total. The highest BCUT2D eigenvalue weighted by Crippen LogP contribution is 2.20. The van der Waals surface area contributed by atoms with Gasteiger partial charge in [0, 0.05) is 25.6 Å². The van der Waals surface area contributed by atoms with Crippen molar-refractivity contribution in [3.8, 4) is 0 Å². The van der Waals surface area contributed by atoms with Crippen molar-refractivity contribution in [1.29, 1.82) is 0 Å². The number of benzene rings is 2. The van der Waals surface area contributed by atoms with E-state index in [0.29, 0.717) is 19.5 Å². The third-order valence-electron chi connectivity index (χ3n) is 4.45. The van der Waals surface area contributed by atoms with Crippen LogP contribution in [0.1, 0.15) is 23.1 Å². The molecule has 1 unspecified atom stereocenters. The first kappa shape index (κ1) is 18.1.